The highest BCUT2D eigenvalue weighted by molar-refractivity contribution is 7.09. The van der Waals surface area contributed by atoms with Crippen molar-refractivity contribution < 1.29 is 4.79 Å². The number of piperidine rings is 1. The lowest BCUT2D eigenvalue weighted by molar-refractivity contribution is 0.0785. The van der Waals surface area contributed by atoms with Crippen LogP contribution in [0.5, 0.6) is 0 Å². The summed E-state index contributed by atoms with van der Waals surface area (Å²) in [5.41, 5.74) is 3.04. The summed E-state index contributed by atoms with van der Waals surface area (Å²) in [6, 6.07) is 8.10. The first-order valence-electron chi connectivity index (χ1n) is 8.10. The molecule has 23 heavy (non-hydrogen) atoms. The minimum Gasteiger partial charge on any atom is -0.335 e. The zero-order valence-electron chi connectivity index (χ0n) is 13.7. The van der Waals surface area contributed by atoms with E-state index in [2.05, 4.69) is 22.4 Å². The fourth-order valence-electron chi connectivity index (χ4n) is 3.03. The van der Waals surface area contributed by atoms with Crippen molar-refractivity contribution in [2.75, 3.05) is 20.1 Å². The molecule has 3 rings (SSSR count). The third-order valence-electron chi connectivity index (χ3n) is 4.29. The number of benzene rings is 1. The second-order valence-electron chi connectivity index (χ2n) is 6.21. The molecule has 1 atom stereocenters. The molecule has 1 aromatic heterocycles. The summed E-state index contributed by atoms with van der Waals surface area (Å²) >= 11 is 1.60. The molecule has 0 bridgehead atoms. The number of carbonyl (C=O) groups excluding carboxylic acids is 1. The second kappa shape index (κ2) is 7.23. The van der Waals surface area contributed by atoms with E-state index in [-0.39, 0.29) is 5.91 Å². The van der Waals surface area contributed by atoms with Crippen molar-refractivity contribution in [3.63, 3.8) is 0 Å². The molecule has 1 saturated heterocycles. The fourth-order valence-corrected chi connectivity index (χ4v) is 3.86. The predicted octanol–water partition coefficient (Wildman–Crippen LogP) is 3.19. The Hall–Kier alpha value is -1.72. The summed E-state index contributed by atoms with van der Waals surface area (Å²) in [5.74, 6) is 0.576. The van der Waals surface area contributed by atoms with Gasteiger partial charge in [0.05, 0.1) is 6.54 Å². The van der Waals surface area contributed by atoms with Gasteiger partial charge in [-0.2, -0.15) is 0 Å². The molecule has 0 spiro atoms. The molecular weight excluding hydrogens is 306 g/mol. The highest BCUT2D eigenvalue weighted by Gasteiger charge is 2.18. The van der Waals surface area contributed by atoms with Crippen molar-refractivity contribution in [3.05, 3.63) is 51.5 Å². The number of thiazole rings is 1. The Balaban J connectivity index is 1.71. The third kappa shape index (κ3) is 3.98. The Morgan fingerprint density at radius 3 is 3.04 bits per heavy atom. The maximum Gasteiger partial charge on any atom is 0.253 e. The topological polar surface area (TPSA) is 45.2 Å². The van der Waals surface area contributed by atoms with Crippen LogP contribution in [0.15, 0.2) is 29.6 Å². The molecule has 122 valence electrons. The van der Waals surface area contributed by atoms with Gasteiger partial charge in [0.1, 0.15) is 5.01 Å². The summed E-state index contributed by atoms with van der Waals surface area (Å²) in [6.45, 7) is 4.65. The Morgan fingerprint density at radius 1 is 1.48 bits per heavy atom. The standard InChI is InChI=1S/C18H23N3OS/c1-13-12-23-17(20-13)11-21(2)18(22)15-6-3-5-14(9-15)16-7-4-8-19-10-16/h3,5-6,9,12,16,19H,4,7-8,10-11H2,1-2H3. The van der Waals surface area contributed by atoms with Crippen molar-refractivity contribution in [1.29, 1.82) is 0 Å². The Bertz CT molecular complexity index is 676. The Labute approximate surface area is 141 Å². The van der Waals surface area contributed by atoms with E-state index in [4.69, 9.17) is 0 Å². The fraction of sp³-hybridized carbons (Fsp3) is 0.444. The molecule has 0 aliphatic carbocycles. The summed E-state index contributed by atoms with van der Waals surface area (Å²) < 4.78 is 0. The summed E-state index contributed by atoms with van der Waals surface area (Å²) in [7, 11) is 1.84. The van der Waals surface area contributed by atoms with E-state index >= 15 is 0 Å². The van der Waals surface area contributed by atoms with Crippen LogP contribution in [0.25, 0.3) is 0 Å². The Morgan fingerprint density at radius 2 is 2.35 bits per heavy atom. The average Bonchev–Trinajstić information content (AvgIpc) is 3.00. The molecular formula is C18H23N3OS. The summed E-state index contributed by atoms with van der Waals surface area (Å²) in [6.07, 6.45) is 2.39. The van der Waals surface area contributed by atoms with E-state index in [1.54, 1.807) is 16.2 Å². The molecule has 1 amide bonds. The lowest BCUT2D eigenvalue weighted by Gasteiger charge is -2.24. The van der Waals surface area contributed by atoms with Crippen LogP contribution in [-0.4, -0.2) is 35.9 Å². The quantitative estimate of drug-likeness (QED) is 0.937. The first kappa shape index (κ1) is 16.1. The van der Waals surface area contributed by atoms with Gasteiger partial charge < -0.3 is 10.2 Å². The number of amides is 1. The first-order chi connectivity index (χ1) is 11.1. The number of rotatable bonds is 4. The van der Waals surface area contributed by atoms with Crippen molar-refractivity contribution in [3.8, 4) is 0 Å². The SMILES string of the molecule is Cc1csc(CN(C)C(=O)c2cccc(C3CCCNC3)c2)n1. The van der Waals surface area contributed by atoms with Crippen LogP contribution in [0.1, 0.15) is 45.4 Å². The van der Waals surface area contributed by atoms with E-state index in [1.807, 2.05) is 31.5 Å². The van der Waals surface area contributed by atoms with Gasteiger partial charge in [0.25, 0.3) is 5.91 Å². The number of aryl methyl sites for hydroxylation is 1. The van der Waals surface area contributed by atoms with Gasteiger partial charge in [0.2, 0.25) is 0 Å². The summed E-state index contributed by atoms with van der Waals surface area (Å²) in [4.78, 5) is 18.9. The molecule has 1 aliphatic rings. The van der Waals surface area contributed by atoms with Crippen LogP contribution in [0.3, 0.4) is 0 Å². The molecule has 1 N–H and O–H groups in total. The van der Waals surface area contributed by atoms with Crippen LogP contribution in [0, 0.1) is 6.92 Å². The second-order valence-corrected chi connectivity index (χ2v) is 7.16. The number of nitrogens with one attached hydrogen (secondary N) is 1. The zero-order valence-corrected chi connectivity index (χ0v) is 14.5. The van der Waals surface area contributed by atoms with Crippen LogP contribution in [-0.2, 0) is 6.54 Å². The highest BCUT2D eigenvalue weighted by atomic mass is 32.1. The monoisotopic (exact) mass is 329 g/mol. The molecule has 1 fully saturated rings. The maximum absolute atomic E-state index is 12.7. The first-order valence-corrected chi connectivity index (χ1v) is 8.98. The predicted molar refractivity (Wildman–Crippen MR) is 93.9 cm³/mol. The largest absolute Gasteiger partial charge is 0.335 e. The number of carbonyl (C=O) groups is 1. The van der Waals surface area contributed by atoms with Gasteiger partial charge in [-0.15, -0.1) is 11.3 Å². The van der Waals surface area contributed by atoms with Gasteiger partial charge in [-0.3, -0.25) is 4.79 Å². The number of aromatic nitrogens is 1. The lowest BCUT2D eigenvalue weighted by atomic mass is 9.90. The minimum absolute atomic E-state index is 0.0588. The molecule has 5 heteroatoms. The molecule has 1 unspecified atom stereocenters. The number of hydrogen-bond donors (Lipinski definition) is 1. The molecule has 2 aromatic rings. The smallest absolute Gasteiger partial charge is 0.253 e. The summed E-state index contributed by atoms with van der Waals surface area (Å²) in [5, 5.41) is 6.43. The molecule has 2 heterocycles. The van der Waals surface area contributed by atoms with Gasteiger partial charge in [0, 0.05) is 30.2 Å². The van der Waals surface area contributed by atoms with Gasteiger partial charge in [-0.05, 0) is 49.9 Å². The van der Waals surface area contributed by atoms with E-state index in [0.29, 0.717) is 12.5 Å². The van der Waals surface area contributed by atoms with E-state index < -0.39 is 0 Å². The van der Waals surface area contributed by atoms with Crippen LogP contribution >= 0.6 is 11.3 Å². The van der Waals surface area contributed by atoms with Crippen molar-refractivity contribution in [2.24, 2.45) is 0 Å². The van der Waals surface area contributed by atoms with Gasteiger partial charge >= 0.3 is 0 Å². The van der Waals surface area contributed by atoms with Crippen molar-refractivity contribution in [2.45, 2.75) is 32.2 Å². The lowest BCUT2D eigenvalue weighted by Crippen LogP contribution is -2.29. The maximum atomic E-state index is 12.7. The zero-order chi connectivity index (χ0) is 16.2. The minimum atomic E-state index is 0.0588. The third-order valence-corrected chi connectivity index (χ3v) is 5.24. The van der Waals surface area contributed by atoms with Crippen LogP contribution < -0.4 is 5.32 Å². The molecule has 1 aromatic carbocycles. The Kier molecular flexibility index (Phi) is 5.08. The van der Waals surface area contributed by atoms with Crippen molar-refractivity contribution in [1.82, 2.24) is 15.2 Å². The average molecular weight is 329 g/mol. The van der Waals surface area contributed by atoms with Crippen molar-refractivity contribution >= 4 is 17.2 Å². The van der Waals surface area contributed by atoms with E-state index in [0.717, 1.165) is 29.4 Å². The number of hydrogen-bond acceptors (Lipinski definition) is 4. The van der Waals surface area contributed by atoms with E-state index in [1.165, 1.54) is 18.4 Å². The molecule has 1 aliphatic heterocycles. The molecule has 0 saturated carbocycles. The molecule has 4 nitrogen and oxygen atoms in total. The van der Waals surface area contributed by atoms with Gasteiger partial charge in [-0.25, -0.2) is 4.98 Å². The van der Waals surface area contributed by atoms with E-state index in [9.17, 15) is 4.79 Å². The highest BCUT2D eigenvalue weighted by Crippen LogP contribution is 2.24. The van der Waals surface area contributed by atoms with Gasteiger partial charge in [-0.1, -0.05) is 12.1 Å². The van der Waals surface area contributed by atoms with Gasteiger partial charge in [0.15, 0.2) is 0 Å². The van der Waals surface area contributed by atoms with Crippen LogP contribution in [0.4, 0.5) is 0 Å². The van der Waals surface area contributed by atoms with Crippen LogP contribution in [0.2, 0.25) is 0 Å². The number of nitrogens with zero attached hydrogens (tertiary/aromatic N) is 2. The normalized spacial score (nSPS) is 17.9. The molecule has 0 radical (unpaired) electrons.